The summed E-state index contributed by atoms with van der Waals surface area (Å²) in [6, 6.07) is 21.0. The van der Waals surface area contributed by atoms with Gasteiger partial charge in [0.25, 0.3) is 0 Å². The average molecular weight is 367 g/mol. The van der Waals surface area contributed by atoms with E-state index in [4.69, 9.17) is 9.47 Å². The van der Waals surface area contributed by atoms with Crippen LogP contribution in [0.4, 0.5) is 0 Å². The molecule has 4 nitrogen and oxygen atoms in total. The van der Waals surface area contributed by atoms with Crippen molar-refractivity contribution in [3.8, 4) is 0 Å². The summed E-state index contributed by atoms with van der Waals surface area (Å²) >= 11 is 0. The van der Waals surface area contributed by atoms with Gasteiger partial charge in [0, 0.05) is 31.7 Å². The van der Waals surface area contributed by atoms with E-state index in [2.05, 4.69) is 59.2 Å². The third-order valence-corrected chi connectivity index (χ3v) is 6.17. The number of rotatable bonds is 8. The first kappa shape index (κ1) is 18.6. The van der Waals surface area contributed by atoms with Crippen molar-refractivity contribution in [3.05, 3.63) is 71.8 Å². The molecule has 144 valence electrons. The quantitative estimate of drug-likeness (QED) is 0.525. The van der Waals surface area contributed by atoms with Crippen molar-refractivity contribution >= 4 is 0 Å². The van der Waals surface area contributed by atoms with Crippen LogP contribution in [0, 0.1) is 5.92 Å². The summed E-state index contributed by atoms with van der Waals surface area (Å²) in [7, 11) is 0. The Balaban J connectivity index is 1.21. The molecule has 0 bridgehead atoms. The number of hydrogen-bond acceptors (Lipinski definition) is 4. The maximum Gasteiger partial charge on any atom is 0.148 e. The average Bonchev–Trinajstić information content (AvgIpc) is 3.15. The van der Waals surface area contributed by atoms with Gasteiger partial charge in [-0.15, -0.1) is 0 Å². The molecule has 2 aromatic rings. The molecule has 0 radical (unpaired) electrons. The lowest BCUT2D eigenvalue weighted by atomic mass is 9.74. The van der Waals surface area contributed by atoms with Gasteiger partial charge >= 0.3 is 0 Å². The van der Waals surface area contributed by atoms with Crippen LogP contribution >= 0.6 is 0 Å². The van der Waals surface area contributed by atoms with Crippen molar-refractivity contribution in [1.82, 2.24) is 9.80 Å². The highest BCUT2D eigenvalue weighted by Gasteiger charge is 2.54. The van der Waals surface area contributed by atoms with E-state index in [1.54, 1.807) is 0 Å². The highest BCUT2D eigenvalue weighted by molar-refractivity contribution is 5.16. The number of ether oxygens (including phenoxy) is 2. The molecule has 27 heavy (non-hydrogen) atoms. The van der Waals surface area contributed by atoms with Gasteiger partial charge in [-0.1, -0.05) is 67.6 Å². The first-order valence-corrected chi connectivity index (χ1v) is 9.97. The van der Waals surface area contributed by atoms with Gasteiger partial charge < -0.3 is 9.47 Å². The van der Waals surface area contributed by atoms with E-state index in [1.165, 1.54) is 24.1 Å². The zero-order chi connectivity index (χ0) is 18.5. The fourth-order valence-corrected chi connectivity index (χ4v) is 4.54. The van der Waals surface area contributed by atoms with Crippen LogP contribution in [0.3, 0.4) is 0 Å². The van der Waals surface area contributed by atoms with Crippen molar-refractivity contribution in [3.63, 3.8) is 0 Å². The lowest BCUT2D eigenvalue weighted by molar-refractivity contribution is -0.166. The highest BCUT2D eigenvalue weighted by atomic mass is 16.7. The van der Waals surface area contributed by atoms with E-state index in [1.807, 2.05) is 18.2 Å². The summed E-state index contributed by atoms with van der Waals surface area (Å²) in [5, 5.41) is 0. The summed E-state index contributed by atoms with van der Waals surface area (Å²) < 4.78 is 11.5. The van der Waals surface area contributed by atoms with E-state index < -0.39 is 0 Å². The summed E-state index contributed by atoms with van der Waals surface area (Å²) in [5.74, 6) is 0.729. The number of benzene rings is 2. The van der Waals surface area contributed by atoms with Gasteiger partial charge in [-0.05, 0) is 23.5 Å². The molecule has 2 aliphatic rings. The summed E-state index contributed by atoms with van der Waals surface area (Å²) in [4.78, 5) is 5.10. The normalized spacial score (nSPS) is 25.7. The minimum Gasteiger partial charge on any atom is -0.351 e. The van der Waals surface area contributed by atoms with Crippen molar-refractivity contribution < 1.29 is 9.47 Å². The van der Waals surface area contributed by atoms with Gasteiger partial charge in [-0.25, -0.2) is 0 Å². The molecule has 4 heteroatoms. The summed E-state index contributed by atoms with van der Waals surface area (Å²) in [6.45, 7) is 8.48. The molecule has 2 saturated heterocycles. The van der Waals surface area contributed by atoms with Gasteiger partial charge in [0.05, 0.1) is 6.61 Å². The Morgan fingerprint density at radius 1 is 0.963 bits per heavy atom. The molecular weight excluding hydrogens is 336 g/mol. The lowest BCUT2D eigenvalue weighted by Crippen LogP contribution is -2.67. The third-order valence-electron chi connectivity index (χ3n) is 6.17. The smallest absolute Gasteiger partial charge is 0.148 e. The van der Waals surface area contributed by atoms with Crippen molar-refractivity contribution in [2.24, 2.45) is 5.92 Å². The molecule has 2 atom stereocenters. The molecule has 2 fully saturated rings. The predicted molar refractivity (Wildman–Crippen MR) is 107 cm³/mol. The molecule has 0 unspecified atom stereocenters. The Labute approximate surface area is 162 Å². The van der Waals surface area contributed by atoms with Gasteiger partial charge in [-0.3, -0.25) is 9.80 Å². The maximum absolute atomic E-state index is 5.83. The van der Waals surface area contributed by atoms with Crippen molar-refractivity contribution in [2.45, 2.75) is 32.0 Å². The SMILES string of the molecule is C[C@H]1CN(COCOCc2ccccc2)[C@]12CCN(Cc1ccccc1)C2. The van der Waals surface area contributed by atoms with Gasteiger partial charge in [0.15, 0.2) is 0 Å². The fraction of sp³-hybridized carbons (Fsp3) is 0.478. The topological polar surface area (TPSA) is 24.9 Å². The molecule has 2 aromatic carbocycles. The van der Waals surface area contributed by atoms with Crippen LogP contribution in [0.1, 0.15) is 24.5 Å². The van der Waals surface area contributed by atoms with Gasteiger partial charge in [0.1, 0.15) is 13.5 Å². The summed E-state index contributed by atoms with van der Waals surface area (Å²) in [5.41, 5.74) is 2.87. The molecule has 4 rings (SSSR count). The standard InChI is InChI=1S/C23H30N2O2/c1-20-14-25(18-27-19-26-16-22-10-6-3-7-11-22)23(20)12-13-24(17-23)15-21-8-4-2-5-9-21/h2-11,20H,12-19H2,1H3/t20-,23-/m0/s1. The molecule has 2 aliphatic heterocycles. The molecule has 0 amide bonds. The minimum atomic E-state index is 0.286. The van der Waals surface area contributed by atoms with Crippen LogP contribution in [0.15, 0.2) is 60.7 Å². The second-order valence-corrected chi connectivity index (χ2v) is 7.96. The maximum atomic E-state index is 5.83. The first-order valence-electron chi connectivity index (χ1n) is 9.97. The van der Waals surface area contributed by atoms with E-state index in [9.17, 15) is 0 Å². The third kappa shape index (κ3) is 4.25. The minimum absolute atomic E-state index is 0.286. The van der Waals surface area contributed by atoms with Crippen LogP contribution in [0.2, 0.25) is 0 Å². The zero-order valence-electron chi connectivity index (χ0n) is 16.2. The van der Waals surface area contributed by atoms with Crippen molar-refractivity contribution in [2.75, 3.05) is 33.2 Å². The molecule has 0 aromatic heterocycles. The Morgan fingerprint density at radius 3 is 2.37 bits per heavy atom. The van der Waals surface area contributed by atoms with Crippen LogP contribution in [0.5, 0.6) is 0 Å². The second kappa shape index (κ2) is 8.53. The van der Waals surface area contributed by atoms with E-state index in [-0.39, 0.29) is 5.54 Å². The highest BCUT2D eigenvalue weighted by Crippen LogP contribution is 2.43. The van der Waals surface area contributed by atoms with Gasteiger partial charge in [0.2, 0.25) is 0 Å². The molecule has 0 saturated carbocycles. The Morgan fingerprint density at radius 2 is 1.67 bits per heavy atom. The van der Waals surface area contributed by atoms with E-state index in [0.717, 1.165) is 25.6 Å². The second-order valence-electron chi connectivity index (χ2n) is 7.96. The van der Waals surface area contributed by atoms with Gasteiger partial charge in [-0.2, -0.15) is 0 Å². The summed E-state index contributed by atoms with van der Waals surface area (Å²) in [6.07, 6.45) is 1.23. The van der Waals surface area contributed by atoms with Crippen LogP contribution < -0.4 is 0 Å². The molecule has 0 N–H and O–H groups in total. The largest absolute Gasteiger partial charge is 0.351 e. The van der Waals surface area contributed by atoms with Crippen LogP contribution in [0.25, 0.3) is 0 Å². The number of likely N-dealkylation sites (tertiary alicyclic amines) is 2. The Bertz CT molecular complexity index is 709. The number of nitrogens with zero attached hydrogens (tertiary/aromatic N) is 2. The molecular formula is C23H30N2O2. The Kier molecular flexibility index (Phi) is 5.89. The van der Waals surface area contributed by atoms with E-state index >= 15 is 0 Å². The van der Waals surface area contributed by atoms with Crippen LogP contribution in [-0.2, 0) is 22.6 Å². The van der Waals surface area contributed by atoms with Crippen LogP contribution in [-0.4, -0.2) is 48.5 Å². The van der Waals surface area contributed by atoms with E-state index in [0.29, 0.717) is 20.1 Å². The first-order chi connectivity index (χ1) is 13.3. The fourth-order valence-electron chi connectivity index (χ4n) is 4.54. The molecule has 0 aliphatic carbocycles. The predicted octanol–water partition coefficient (Wildman–Crippen LogP) is 3.73. The zero-order valence-corrected chi connectivity index (χ0v) is 16.2. The number of hydrogen-bond donors (Lipinski definition) is 0. The van der Waals surface area contributed by atoms with Crippen molar-refractivity contribution in [1.29, 1.82) is 0 Å². The monoisotopic (exact) mass is 366 g/mol. The molecule has 2 heterocycles. The Hall–Kier alpha value is -1.72. The lowest BCUT2D eigenvalue weighted by Gasteiger charge is -2.55. The molecule has 1 spiro atoms.